The van der Waals surface area contributed by atoms with Crippen LogP contribution in [0.15, 0.2) is 16.6 Å². The van der Waals surface area contributed by atoms with E-state index in [1.807, 2.05) is 0 Å². The number of unbranched alkanes of at least 4 members (excludes halogenated alkanes) is 1. The zero-order valence-electron chi connectivity index (χ0n) is 8.90. The van der Waals surface area contributed by atoms with Crippen LogP contribution in [0.2, 0.25) is 0 Å². The monoisotopic (exact) mass is 325 g/mol. The maximum Gasteiger partial charge on any atom is 0.257 e. The Labute approximate surface area is 111 Å². The van der Waals surface area contributed by atoms with Crippen LogP contribution in [0, 0.1) is 11.6 Å². The van der Waals surface area contributed by atoms with Gasteiger partial charge in [-0.25, -0.2) is 8.78 Å². The second-order valence-electron chi connectivity index (χ2n) is 3.40. The van der Waals surface area contributed by atoms with Crippen LogP contribution >= 0.6 is 27.5 Å². The molecule has 6 heteroatoms. The minimum absolute atomic E-state index is 0.256. The normalized spacial score (nSPS) is 10.4. The summed E-state index contributed by atoms with van der Waals surface area (Å²) in [6.45, 7) is 0.348. The van der Waals surface area contributed by atoms with Crippen LogP contribution < -0.4 is 5.32 Å². The van der Waals surface area contributed by atoms with E-state index in [1.165, 1.54) is 0 Å². The topological polar surface area (TPSA) is 29.1 Å². The number of halogens is 4. The predicted molar refractivity (Wildman–Crippen MR) is 66.3 cm³/mol. The Hall–Kier alpha value is -0.680. The number of alkyl halides is 1. The van der Waals surface area contributed by atoms with Crippen LogP contribution in [0.3, 0.4) is 0 Å². The van der Waals surface area contributed by atoms with E-state index < -0.39 is 23.1 Å². The van der Waals surface area contributed by atoms with Crippen molar-refractivity contribution in [2.24, 2.45) is 0 Å². The average molecular weight is 327 g/mol. The highest BCUT2D eigenvalue weighted by molar-refractivity contribution is 9.10. The molecule has 0 bridgehead atoms. The molecule has 0 aliphatic carbocycles. The van der Waals surface area contributed by atoms with Gasteiger partial charge < -0.3 is 5.32 Å². The number of rotatable bonds is 5. The summed E-state index contributed by atoms with van der Waals surface area (Å²) in [5.41, 5.74) is -0.556. The fourth-order valence-electron chi connectivity index (χ4n) is 1.27. The Balaban J connectivity index is 2.69. The number of nitrogens with one attached hydrogen (secondary N) is 1. The van der Waals surface area contributed by atoms with Crippen molar-refractivity contribution >= 4 is 33.4 Å². The van der Waals surface area contributed by atoms with E-state index >= 15 is 0 Å². The van der Waals surface area contributed by atoms with Gasteiger partial charge in [0.05, 0.1) is 0 Å². The summed E-state index contributed by atoms with van der Waals surface area (Å²) in [5.74, 6) is -2.02. The number of benzene rings is 1. The quantitative estimate of drug-likeness (QED) is 0.651. The summed E-state index contributed by atoms with van der Waals surface area (Å²) in [4.78, 5) is 11.5. The van der Waals surface area contributed by atoms with Crippen molar-refractivity contribution in [3.63, 3.8) is 0 Å². The molecule has 1 aromatic rings. The fourth-order valence-corrected chi connectivity index (χ4v) is 1.86. The zero-order chi connectivity index (χ0) is 12.8. The van der Waals surface area contributed by atoms with Gasteiger partial charge in [0.25, 0.3) is 5.91 Å². The fraction of sp³-hybridized carbons (Fsp3) is 0.364. The van der Waals surface area contributed by atoms with Crippen molar-refractivity contribution in [2.75, 3.05) is 12.4 Å². The van der Waals surface area contributed by atoms with Crippen molar-refractivity contribution in [3.05, 3.63) is 33.8 Å². The molecule has 2 nitrogen and oxygen atoms in total. The van der Waals surface area contributed by atoms with E-state index in [9.17, 15) is 13.6 Å². The molecule has 0 aliphatic rings. The molecule has 0 atom stereocenters. The highest BCUT2D eigenvalue weighted by atomic mass is 79.9. The molecule has 1 aromatic carbocycles. The van der Waals surface area contributed by atoms with Gasteiger partial charge in [-0.15, -0.1) is 11.6 Å². The summed E-state index contributed by atoms with van der Waals surface area (Å²) in [6.07, 6.45) is 1.42. The van der Waals surface area contributed by atoms with E-state index in [2.05, 4.69) is 21.2 Å². The number of hydrogen-bond donors (Lipinski definition) is 1. The van der Waals surface area contributed by atoms with E-state index in [-0.39, 0.29) is 4.47 Å². The van der Waals surface area contributed by atoms with Crippen molar-refractivity contribution in [3.8, 4) is 0 Å². The first kappa shape index (κ1) is 14.4. The van der Waals surface area contributed by atoms with Crippen LogP contribution in [0.5, 0.6) is 0 Å². The van der Waals surface area contributed by atoms with Crippen LogP contribution in [0.4, 0.5) is 8.78 Å². The van der Waals surface area contributed by atoms with E-state index in [0.717, 1.165) is 18.6 Å². The molecule has 1 rings (SSSR count). The third-order valence-corrected chi connectivity index (χ3v) is 2.81. The lowest BCUT2D eigenvalue weighted by molar-refractivity contribution is 0.0944. The Bertz CT molecular complexity index is 391. The van der Waals surface area contributed by atoms with Gasteiger partial charge in [0.1, 0.15) is 17.2 Å². The Morgan fingerprint density at radius 1 is 1.29 bits per heavy atom. The molecule has 0 fully saturated rings. The molecule has 94 valence electrons. The lowest BCUT2D eigenvalue weighted by Crippen LogP contribution is -2.26. The summed E-state index contributed by atoms with van der Waals surface area (Å²) >= 11 is 8.41. The third kappa shape index (κ3) is 4.24. The number of carbonyl (C=O) groups excluding carboxylic acids is 1. The van der Waals surface area contributed by atoms with Gasteiger partial charge in [0.15, 0.2) is 0 Å². The molecule has 1 N–H and O–H groups in total. The molecule has 0 saturated heterocycles. The van der Waals surface area contributed by atoms with Crippen molar-refractivity contribution < 1.29 is 13.6 Å². The Morgan fingerprint density at radius 2 is 1.88 bits per heavy atom. The smallest absolute Gasteiger partial charge is 0.257 e. The van der Waals surface area contributed by atoms with Gasteiger partial charge in [-0.3, -0.25) is 4.79 Å². The number of amides is 1. The van der Waals surface area contributed by atoms with Gasteiger partial charge in [0, 0.05) is 16.9 Å². The maximum atomic E-state index is 13.4. The number of carbonyl (C=O) groups is 1. The lowest BCUT2D eigenvalue weighted by Gasteiger charge is -2.07. The SMILES string of the molecule is O=C(NCCCCCl)c1c(F)cc(Br)cc1F. The van der Waals surface area contributed by atoms with Gasteiger partial charge in [-0.2, -0.15) is 0 Å². The standard InChI is InChI=1S/C11H11BrClF2NO/c12-7-5-8(14)10(9(15)6-7)11(17)16-4-2-1-3-13/h5-6H,1-4H2,(H,16,17). The summed E-state index contributed by atoms with van der Waals surface area (Å²) < 4.78 is 27.0. The van der Waals surface area contributed by atoms with Crippen LogP contribution in [0.25, 0.3) is 0 Å². The number of hydrogen-bond acceptors (Lipinski definition) is 1. The molecule has 0 aromatic heterocycles. The first-order valence-electron chi connectivity index (χ1n) is 5.05. The predicted octanol–water partition coefficient (Wildman–Crippen LogP) is 3.48. The van der Waals surface area contributed by atoms with E-state index in [0.29, 0.717) is 18.8 Å². The Morgan fingerprint density at radius 3 is 2.41 bits per heavy atom. The van der Waals surface area contributed by atoms with E-state index in [1.54, 1.807) is 0 Å². The second-order valence-corrected chi connectivity index (χ2v) is 4.69. The first-order chi connectivity index (χ1) is 8.06. The molecule has 0 spiro atoms. The van der Waals surface area contributed by atoms with Gasteiger partial charge in [-0.05, 0) is 25.0 Å². The molecule has 1 amide bonds. The molecule has 0 unspecified atom stereocenters. The van der Waals surface area contributed by atoms with Crippen LogP contribution in [-0.4, -0.2) is 18.3 Å². The van der Waals surface area contributed by atoms with Crippen LogP contribution in [0.1, 0.15) is 23.2 Å². The largest absolute Gasteiger partial charge is 0.352 e. The zero-order valence-corrected chi connectivity index (χ0v) is 11.2. The highest BCUT2D eigenvalue weighted by Crippen LogP contribution is 2.19. The highest BCUT2D eigenvalue weighted by Gasteiger charge is 2.17. The van der Waals surface area contributed by atoms with Crippen LogP contribution in [-0.2, 0) is 0 Å². The van der Waals surface area contributed by atoms with Crippen molar-refractivity contribution in [2.45, 2.75) is 12.8 Å². The summed E-state index contributed by atoms with van der Waals surface area (Å²) in [6, 6.07) is 2.10. The minimum atomic E-state index is -0.883. The molecular formula is C11H11BrClF2NO. The Kier molecular flexibility index (Phi) is 5.85. The molecule has 0 saturated carbocycles. The van der Waals surface area contributed by atoms with Gasteiger partial charge in [0.2, 0.25) is 0 Å². The van der Waals surface area contributed by atoms with Crippen molar-refractivity contribution in [1.82, 2.24) is 5.32 Å². The second kappa shape index (κ2) is 6.91. The maximum absolute atomic E-state index is 13.4. The molecular weight excluding hydrogens is 315 g/mol. The third-order valence-electron chi connectivity index (χ3n) is 2.08. The summed E-state index contributed by atoms with van der Waals surface area (Å²) in [7, 11) is 0. The van der Waals surface area contributed by atoms with Crippen molar-refractivity contribution in [1.29, 1.82) is 0 Å². The molecule has 17 heavy (non-hydrogen) atoms. The molecule has 0 heterocycles. The molecule has 0 radical (unpaired) electrons. The van der Waals surface area contributed by atoms with Gasteiger partial charge >= 0.3 is 0 Å². The van der Waals surface area contributed by atoms with Gasteiger partial charge in [-0.1, -0.05) is 15.9 Å². The summed E-state index contributed by atoms with van der Waals surface area (Å²) in [5, 5.41) is 2.44. The minimum Gasteiger partial charge on any atom is -0.352 e. The molecule has 0 aliphatic heterocycles. The first-order valence-corrected chi connectivity index (χ1v) is 6.37. The van der Waals surface area contributed by atoms with E-state index in [4.69, 9.17) is 11.6 Å². The average Bonchev–Trinajstić information content (AvgIpc) is 2.23. The lowest BCUT2D eigenvalue weighted by atomic mass is 10.2.